The Morgan fingerprint density at radius 1 is 1.16 bits per heavy atom. The molecule has 2 aromatic carbocycles. The SMILES string of the molecule is COc1ccccc1-c1cc(Nc2ccc(F)c([N+](=O)[O-])c2)ncn1. The molecule has 126 valence electrons. The van der Waals surface area contributed by atoms with Gasteiger partial charge in [0.15, 0.2) is 0 Å². The molecule has 3 aromatic rings. The van der Waals surface area contributed by atoms with Gasteiger partial charge in [-0.3, -0.25) is 10.1 Å². The highest BCUT2D eigenvalue weighted by Crippen LogP contribution is 2.30. The zero-order chi connectivity index (χ0) is 17.8. The number of rotatable bonds is 5. The van der Waals surface area contributed by atoms with E-state index in [1.165, 1.54) is 12.4 Å². The molecule has 8 heteroatoms. The highest BCUT2D eigenvalue weighted by atomic mass is 19.1. The summed E-state index contributed by atoms with van der Waals surface area (Å²) >= 11 is 0. The molecule has 0 unspecified atom stereocenters. The van der Waals surface area contributed by atoms with Crippen LogP contribution in [0.3, 0.4) is 0 Å². The molecule has 0 atom stereocenters. The van der Waals surface area contributed by atoms with Crippen LogP contribution < -0.4 is 10.1 Å². The van der Waals surface area contributed by atoms with Gasteiger partial charge in [-0.25, -0.2) is 9.97 Å². The van der Waals surface area contributed by atoms with Crippen molar-refractivity contribution in [2.24, 2.45) is 0 Å². The van der Waals surface area contributed by atoms with E-state index in [4.69, 9.17) is 4.74 Å². The fourth-order valence-corrected chi connectivity index (χ4v) is 2.31. The number of nitrogens with zero attached hydrogens (tertiary/aromatic N) is 3. The molecule has 0 amide bonds. The number of benzene rings is 2. The molecular formula is C17H13FN4O3. The van der Waals surface area contributed by atoms with Gasteiger partial charge in [-0.2, -0.15) is 4.39 Å². The van der Waals surface area contributed by atoms with Crippen LogP contribution in [-0.2, 0) is 0 Å². The molecule has 0 fully saturated rings. The van der Waals surface area contributed by atoms with Gasteiger partial charge in [0.1, 0.15) is 17.9 Å². The number of nitro groups is 1. The third-order valence-corrected chi connectivity index (χ3v) is 3.47. The second-order valence-corrected chi connectivity index (χ2v) is 5.04. The van der Waals surface area contributed by atoms with E-state index in [0.717, 1.165) is 17.7 Å². The second-order valence-electron chi connectivity index (χ2n) is 5.04. The third kappa shape index (κ3) is 3.52. The van der Waals surface area contributed by atoms with Gasteiger partial charge in [-0.15, -0.1) is 0 Å². The molecule has 1 heterocycles. The van der Waals surface area contributed by atoms with Crippen LogP contribution in [-0.4, -0.2) is 22.0 Å². The monoisotopic (exact) mass is 340 g/mol. The zero-order valence-corrected chi connectivity index (χ0v) is 13.1. The van der Waals surface area contributed by atoms with Crippen molar-refractivity contribution in [2.75, 3.05) is 12.4 Å². The van der Waals surface area contributed by atoms with Crippen LogP contribution in [0.15, 0.2) is 54.9 Å². The van der Waals surface area contributed by atoms with Crippen molar-refractivity contribution in [3.8, 4) is 17.0 Å². The summed E-state index contributed by atoms with van der Waals surface area (Å²) in [5.74, 6) is 0.175. The van der Waals surface area contributed by atoms with E-state index in [2.05, 4.69) is 15.3 Å². The Kier molecular flexibility index (Phi) is 4.51. The number of para-hydroxylation sites is 1. The van der Waals surface area contributed by atoms with Gasteiger partial charge in [-0.1, -0.05) is 12.1 Å². The number of hydrogen-bond donors (Lipinski definition) is 1. The number of anilines is 2. The molecule has 25 heavy (non-hydrogen) atoms. The Balaban J connectivity index is 1.93. The number of halogens is 1. The number of ether oxygens (including phenoxy) is 1. The van der Waals surface area contributed by atoms with Gasteiger partial charge in [-0.05, 0) is 24.3 Å². The van der Waals surface area contributed by atoms with Gasteiger partial charge < -0.3 is 10.1 Å². The molecule has 1 aromatic heterocycles. The lowest BCUT2D eigenvalue weighted by molar-refractivity contribution is -0.387. The standard InChI is InChI=1S/C17H13FN4O3/c1-25-16-5-3-2-4-12(16)14-9-17(20-10-19-14)21-11-6-7-13(18)15(8-11)22(23)24/h2-10H,1H3,(H,19,20,21). The van der Waals surface area contributed by atoms with E-state index in [9.17, 15) is 14.5 Å². The first-order valence-corrected chi connectivity index (χ1v) is 7.25. The van der Waals surface area contributed by atoms with E-state index in [0.29, 0.717) is 22.9 Å². The summed E-state index contributed by atoms with van der Waals surface area (Å²) in [4.78, 5) is 18.4. The van der Waals surface area contributed by atoms with Crippen LogP contribution in [0.4, 0.5) is 21.6 Å². The second kappa shape index (κ2) is 6.91. The molecule has 0 radical (unpaired) electrons. The summed E-state index contributed by atoms with van der Waals surface area (Å²) in [5, 5.41) is 13.7. The molecule has 0 aliphatic heterocycles. The van der Waals surface area contributed by atoms with Crippen LogP contribution in [0, 0.1) is 15.9 Å². The molecule has 0 saturated heterocycles. The van der Waals surface area contributed by atoms with Crippen molar-refractivity contribution in [2.45, 2.75) is 0 Å². The fourth-order valence-electron chi connectivity index (χ4n) is 2.31. The zero-order valence-electron chi connectivity index (χ0n) is 13.1. The average Bonchev–Trinajstić information content (AvgIpc) is 2.63. The maximum Gasteiger partial charge on any atom is 0.306 e. The van der Waals surface area contributed by atoms with Crippen molar-refractivity contribution < 1.29 is 14.1 Å². The highest BCUT2D eigenvalue weighted by Gasteiger charge is 2.15. The summed E-state index contributed by atoms with van der Waals surface area (Å²) in [6.45, 7) is 0. The molecule has 0 spiro atoms. The molecule has 7 nitrogen and oxygen atoms in total. The lowest BCUT2D eigenvalue weighted by Gasteiger charge is -2.10. The molecule has 0 saturated carbocycles. The van der Waals surface area contributed by atoms with Gasteiger partial charge in [0.25, 0.3) is 0 Å². The Labute approximate surface area is 142 Å². The highest BCUT2D eigenvalue weighted by molar-refractivity contribution is 5.70. The maximum atomic E-state index is 13.4. The summed E-state index contributed by atoms with van der Waals surface area (Å²) in [6.07, 6.45) is 1.36. The Morgan fingerprint density at radius 3 is 2.72 bits per heavy atom. The smallest absolute Gasteiger partial charge is 0.306 e. The van der Waals surface area contributed by atoms with Crippen molar-refractivity contribution in [1.29, 1.82) is 0 Å². The first kappa shape index (κ1) is 16.3. The summed E-state index contributed by atoms with van der Waals surface area (Å²) < 4.78 is 18.7. The van der Waals surface area contributed by atoms with E-state index >= 15 is 0 Å². The van der Waals surface area contributed by atoms with Gasteiger partial charge >= 0.3 is 5.69 Å². The Hall–Kier alpha value is -3.55. The van der Waals surface area contributed by atoms with Crippen molar-refractivity contribution in [3.05, 3.63) is 70.8 Å². The number of hydrogen-bond acceptors (Lipinski definition) is 6. The predicted molar refractivity (Wildman–Crippen MR) is 90.4 cm³/mol. The van der Waals surface area contributed by atoms with Crippen LogP contribution in [0.25, 0.3) is 11.3 Å². The summed E-state index contributed by atoms with van der Waals surface area (Å²) in [6, 6.07) is 12.6. The molecule has 0 aliphatic rings. The maximum absolute atomic E-state index is 13.4. The minimum atomic E-state index is -0.895. The summed E-state index contributed by atoms with van der Waals surface area (Å²) in [5.41, 5.74) is 1.13. The minimum Gasteiger partial charge on any atom is -0.496 e. The molecule has 1 N–H and O–H groups in total. The van der Waals surface area contributed by atoms with Gasteiger partial charge in [0.05, 0.1) is 17.7 Å². The molecule has 3 rings (SSSR count). The van der Waals surface area contributed by atoms with E-state index in [1.54, 1.807) is 13.2 Å². The van der Waals surface area contributed by atoms with Crippen LogP contribution in [0.5, 0.6) is 5.75 Å². The Bertz CT molecular complexity index is 933. The van der Waals surface area contributed by atoms with Crippen molar-refractivity contribution in [1.82, 2.24) is 9.97 Å². The Morgan fingerprint density at radius 2 is 1.96 bits per heavy atom. The lowest BCUT2D eigenvalue weighted by Crippen LogP contribution is -1.98. The van der Waals surface area contributed by atoms with Crippen molar-refractivity contribution in [3.63, 3.8) is 0 Å². The van der Waals surface area contributed by atoms with Crippen molar-refractivity contribution >= 4 is 17.2 Å². The van der Waals surface area contributed by atoms with E-state index in [1.807, 2.05) is 24.3 Å². The topological polar surface area (TPSA) is 90.2 Å². The first-order chi connectivity index (χ1) is 12.1. The molecule has 0 bridgehead atoms. The van der Waals surface area contributed by atoms with Crippen LogP contribution in [0.2, 0.25) is 0 Å². The van der Waals surface area contributed by atoms with Gasteiger partial charge in [0.2, 0.25) is 5.82 Å². The first-order valence-electron chi connectivity index (χ1n) is 7.25. The summed E-state index contributed by atoms with van der Waals surface area (Å²) in [7, 11) is 1.57. The van der Waals surface area contributed by atoms with Gasteiger partial charge in [0, 0.05) is 23.4 Å². The normalized spacial score (nSPS) is 10.3. The lowest BCUT2D eigenvalue weighted by atomic mass is 10.1. The van der Waals surface area contributed by atoms with Crippen LogP contribution in [0.1, 0.15) is 0 Å². The van der Waals surface area contributed by atoms with E-state index in [-0.39, 0.29) is 0 Å². The largest absolute Gasteiger partial charge is 0.496 e. The number of methoxy groups -OCH3 is 1. The number of nitro benzene ring substituents is 1. The quantitative estimate of drug-likeness (QED) is 0.559. The number of aromatic nitrogens is 2. The minimum absolute atomic E-state index is 0.345. The van der Waals surface area contributed by atoms with E-state index < -0.39 is 16.4 Å². The fraction of sp³-hybridized carbons (Fsp3) is 0.0588. The van der Waals surface area contributed by atoms with Crippen LogP contribution >= 0.6 is 0 Å². The third-order valence-electron chi connectivity index (χ3n) is 3.47. The average molecular weight is 340 g/mol. The predicted octanol–water partition coefficient (Wildman–Crippen LogP) is 3.94. The number of nitrogens with one attached hydrogen (secondary N) is 1. The molecule has 0 aliphatic carbocycles. The molecular weight excluding hydrogens is 327 g/mol.